The van der Waals surface area contributed by atoms with Crippen molar-refractivity contribution in [2.75, 3.05) is 26.7 Å². The first-order valence-corrected chi connectivity index (χ1v) is 5.04. The Bertz CT molecular complexity index is 187. The number of hydrogen-bond donors (Lipinski definition) is 1. The number of rotatable bonds is 4. The molecule has 0 bridgehead atoms. The van der Waals surface area contributed by atoms with Gasteiger partial charge in [0.15, 0.2) is 0 Å². The molecule has 0 radical (unpaired) electrons. The normalized spacial score (nSPS) is 20.5. The van der Waals surface area contributed by atoms with Gasteiger partial charge in [0.2, 0.25) is 0 Å². The predicted octanol–water partition coefficient (Wildman–Crippen LogP) is 1.07. The molecule has 0 amide bonds. The summed E-state index contributed by atoms with van der Waals surface area (Å²) >= 11 is 0. The van der Waals surface area contributed by atoms with E-state index < -0.39 is 0 Å². The highest BCUT2D eigenvalue weighted by molar-refractivity contribution is 4.92. The van der Waals surface area contributed by atoms with E-state index in [1.165, 1.54) is 25.7 Å². The van der Waals surface area contributed by atoms with E-state index in [4.69, 9.17) is 12.2 Å². The molecule has 0 aromatic rings. The van der Waals surface area contributed by atoms with Crippen molar-refractivity contribution in [3.63, 3.8) is 0 Å². The Kier molecular flexibility index (Phi) is 3.77. The molecule has 2 nitrogen and oxygen atoms in total. The molecule has 1 fully saturated rings. The zero-order valence-electron chi connectivity index (χ0n) is 8.55. The van der Waals surface area contributed by atoms with Gasteiger partial charge in [-0.1, -0.05) is 18.8 Å². The van der Waals surface area contributed by atoms with Crippen LogP contribution in [0, 0.1) is 17.8 Å². The van der Waals surface area contributed by atoms with Gasteiger partial charge in [-0.15, -0.1) is 6.42 Å². The van der Waals surface area contributed by atoms with Gasteiger partial charge in [-0.3, -0.25) is 4.90 Å². The standard InChI is InChI=1S/C11H20N2/c1-3-8-13(2)10-11(9-12)6-4-5-7-11/h1H,4-10,12H2,2H3. The fourth-order valence-corrected chi connectivity index (χ4v) is 2.34. The SMILES string of the molecule is C#CCN(C)CC1(CN)CCCC1. The minimum Gasteiger partial charge on any atom is -0.330 e. The summed E-state index contributed by atoms with van der Waals surface area (Å²) in [6.07, 6.45) is 10.5. The average molecular weight is 180 g/mol. The third-order valence-electron chi connectivity index (χ3n) is 3.06. The maximum atomic E-state index is 5.83. The van der Waals surface area contributed by atoms with Gasteiger partial charge < -0.3 is 5.73 Å². The molecule has 0 aliphatic heterocycles. The van der Waals surface area contributed by atoms with Crippen LogP contribution in [0.4, 0.5) is 0 Å². The second-order valence-corrected chi connectivity index (χ2v) is 4.29. The first kappa shape index (κ1) is 10.6. The molecule has 1 aliphatic rings. The molecule has 0 unspecified atom stereocenters. The number of hydrogen-bond acceptors (Lipinski definition) is 2. The molecule has 1 rings (SSSR count). The molecular weight excluding hydrogens is 160 g/mol. The van der Waals surface area contributed by atoms with Crippen LogP contribution in [-0.2, 0) is 0 Å². The number of nitrogens with zero attached hydrogens (tertiary/aromatic N) is 1. The molecule has 0 atom stereocenters. The fraction of sp³-hybridized carbons (Fsp3) is 0.818. The summed E-state index contributed by atoms with van der Waals surface area (Å²) < 4.78 is 0. The lowest BCUT2D eigenvalue weighted by Crippen LogP contribution is -2.39. The first-order valence-electron chi connectivity index (χ1n) is 5.04. The Labute approximate surface area is 81.5 Å². The minimum atomic E-state index is 0.367. The third-order valence-corrected chi connectivity index (χ3v) is 3.06. The van der Waals surface area contributed by atoms with Crippen molar-refractivity contribution in [1.82, 2.24) is 4.90 Å². The highest BCUT2D eigenvalue weighted by Crippen LogP contribution is 2.37. The van der Waals surface area contributed by atoms with Gasteiger partial charge in [-0.05, 0) is 31.8 Å². The van der Waals surface area contributed by atoms with E-state index in [9.17, 15) is 0 Å². The number of nitrogens with two attached hydrogens (primary N) is 1. The van der Waals surface area contributed by atoms with Crippen LogP contribution in [-0.4, -0.2) is 31.6 Å². The molecule has 13 heavy (non-hydrogen) atoms. The predicted molar refractivity (Wildman–Crippen MR) is 56.3 cm³/mol. The first-order chi connectivity index (χ1) is 6.22. The van der Waals surface area contributed by atoms with Crippen molar-refractivity contribution >= 4 is 0 Å². The Morgan fingerprint density at radius 2 is 2.08 bits per heavy atom. The van der Waals surface area contributed by atoms with E-state index in [0.717, 1.165) is 19.6 Å². The third kappa shape index (κ3) is 2.72. The largest absolute Gasteiger partial charge is 0.330 e. The fourth-order valence-electron chi connectivity index (χ4n) is 2.34. The van der Waals surface area contributed by atoms with Gasteiger partial charge in [0.05, 0.1) is 6.54 Å². The van der Waals surface area contributed by atoms with Gasteiger partial charge in [0.25, 0.3) is 0 Å². The summed E-state index contributed by atoms with van der Waals surface area (Å²) in [5.41, 5.74) is 6.20. The quantitative estimate of drug-likeness (QED) is 0.656. The van der Waals surface area contributed by atoms with Crippen molar-refractivity contribution in [2.45, 2.75) is 25.7 Å². The van der Waals surface area contributed by atoms with Crippen LogP contribution in [0.3, 0.4) is 0 Å². The van der Waals surface area contributed by atoms with Crippen LogP contribution >= 0.6 is 0 Å². The monoisotopic (exact) mass is 180 g/mol. The zero-order valence-corrected chi connectivity index (χ0v) is 8.55. The van der Waals surface area contributed by atoms with Crippen LogP contribution < -0.4 is 5.73 Å². The van der Waals surface area contributed by atoms with Crippen molar-refractivity contribution in [2.24, 2.45) is 11.1 Å². The average Bonchev–Trinajstić information content (AvgIpc) is 2.54. The van der Waals surface area contributed by atoms with Crippen LogP contribution in [0.1, 0.15) is 25.7 Å². The van der Waals surface area contributed by atoms with Crippen molar-refractivity contribution < 1.29 is 0 Å². The van der Waals surface area contributed by atoms with Crippen molar-refractivity contribution in [3.8, 4) is 12.3 Å². The van der Waals surface area contributed by atoms with Crippen molar-refractivity contribution in [3.05, 3.63) is 0 Å². The van der Waals surface area contributed by atoms with Gasteiger partial charge >= 0.3 is 0 Å². The van der Waals surface area contributed by atoms with Crippen LogP contribution in [0.25, 0.3) is 0 Å². The highest BCUT2D eigenvalue weighted by Gasteiger charge is 2.33. The Morgan fingerprint density at radius 1 is 1.46 bits per heavy atom. The second-order valence-electron chi connectivity index (χ2n) is 4.29. The lowest BCUT2D eigenvalue weighted by Gasteiger charge is -2.31. The summed E-state index contributed by atoms with van der Waals surface area (Å²) in [6, 6.07) is 0. The summed E-state index contributed by atoms with van der Waals surface area (Å²) in [6.45, 7) is 2.61. The maximum Gasteiger partial charge on any atom is 0.0596 e. The van der Waals surface area contributed by atoms with E-state index in [-0.39, 0.29) is 0 Å². The molecule has 74 valence electrons. The van der Waals surface area contributed by atoms with Crippen LogP contribution in [0.5, 0.6) is 0 Å². The van der Waals surface area contributed by atoms with Crippen LogP contribution in [0.2, 0.25) is 0 Å². The Balaban J connectivity index is 2.44. The Morgan fingerprint density at radius 3 is 2.54 bits per heavy atom. The zero-order chi connectivity index (χ0) is 9.73. The van der Waals surface area contributed by atoms with E-state index >= 15 is 0 Å². The minimum absolute atomic E-state index is 0.367. The molecule has 2 heteroatoms. The molecule has 2 N–H and O–H groups in total. The lowest BCUT2D eigenvalue weighted by molar-refractivity contribution is 0.198. The van der Waals surface area contributed by atoms with E-state index in [1.54, 1.807) is 0 Å². The summed E-state index contributed by atoms with van der Waals surface area (Å²) in [5, 5.41) is 0. The summed E-state index contributed by atoms with van der Waals surface area (Å²) in [5.74, 6) is 2.67. The Hall–Kier alpha value is -0.520. The van der Waals surface area contributed by atoms with Gasteiger partial charge in [0, 0.05) is 6.54 Å². The molecule has 0 spiro atoms. The van der Waals surface area contributed by atoms with Crippen LogP contribution in [0.15, 0.2) is 0 Å². The van der Waals surface area contributed by atoms with Gasteiger partial charge in [-0.25, -0.2) is 0 Å². The second kappa shape index (κ2) is 4.64. The molecule has 0 aromatic carbocycles. The summed E-state index contributed by atoms with van der Waals surface area (Å²) in [7, 11) is 2.08. The summed E-state index contributed by atoms with van der Waals surface area (Å²) in [4.78, 5) is 2.21. The lowest BCUT2D eigenvalue weighted by atomic mass is 9.86. The van der Waals surface area contributed by atoms with E-state index in [1.807, 2.05) is 0 Å². The highest BCUT2D eigenvalue weighted by atomic mass is 15.1. The molecule has 1 saturated carbocycles. The molecule has 0 heterocycles. The van der Waals surface area contributed by atoms with E-state index in [0.29, 0.717) is 5.41 Å². The topological polar surface area (TPSA) is 29.3 Å². The van der Waals surface area contributed by atoms with Gasteiger partial charge in [0.1, 0.15) is 0 Å². The molecule has 1 aliphatic carbocycles. The number of terminal acetylenes is 1. The maximum absolute atomic E-state index is 5.83. The molecule has 0 saturated heterocycles. The van der Waals surface area contributed by atoms with Crippen molar-refractivity contribution in [1.29, 1.82) is 0 Å². The van der Waals surface area contributed by atoms with E-state index in [2.05, 4.69) is 17.9 Å². The van der Waals surface area contributed by atoms with Gasteiger partial charge in [-0.2, -0.15) is 0 Å². The molecular formula is C11H20N2. The molecule has 0 aromatic heterocycles. The smallest absolute Gasteiger partial charge is 0.0596 e.